The summed E-state index contributed by atoms with van der Waals surface area (Å²) >= 11 is 0. The van der Waals surface area contributed by atoms with E-state index in [0.29, 0.717) is 0 Å². The summed E-state index contributed by atoms with van der Waals surface area (Å²) in [6, 6.07) is 4.66. The van der Waals surface area contributed by atoms with Crippen molar-refractivity contribution in [2.24, 2.45) is 0 Å². The molecule has 0 amide bonds. The number of nitrogens with zero attached hydrogens (tertiary/aromatic N) is 3. The number of benzene rings is 1. The Kier molecular flexibility index (Phi) is 4.80. The average molecular weight is 327 g/mol. The van der Waals surface area contributed by atoms with Crippen molar-refractivity contribution in [3.05, 3.63) is 57.5 Å². The normalized spacial score (nSPS) is 12.0. The number of halogens is 3. The minimum atomic E-state index is -4.45. The fourth-order valence-electron chi connectivity index (χ4n) is 1.98. The van der Waals surface area contributed by atoms with Crippen molar-refractivity contribution in [3.8, 4) is 0 Å². The Hall–Kier alpha value is -2.68. The Morgan fingerprint density at radius 1 is 1.35 bits per heavy atom. The lowest BCUT2D eigenvalue weighted by atomic mass is 10.1. The predicted molar refractivity (Wildman–Crippen MR) is 76.3 cm³/mol. The van der Waals surface area contributed by atoms with E-state index in [2.05, 4.69) is 4.98 Å². The molecule has 2 rings (SSSR count). The van der Waals surface area contributed by atoms with Crippen molar-refractivity contribution in [1.29, 1.82) is 0 Å². The van der Waals surface area contributed by atoms with Gasteiger partial charge in [0.1, 0.15) is 12.7 Å². The molecule has 23 heavy (non-hydrogen) atoms. The van der Waals surface area contributed by atoms with Crippen molar-refractivity contribution < 1.29 is 23.2 Å². The van der Waals surface area contributed by atoms with E-state index in [9.17, 15) is 23.3 Å². The van der Waals surface area contributed by atoms with Gasteiger partial charge in [0.15, 0.2) is 0 Å². The third-order valence-corrected chi connectivity index (χ3v) is 3.01. The highest BCUT2D eigenvalue weighted by Gasteiger charge is 2.30. The van der Waals surface area contributed by atoms with E-state index in [1.54, 1.807) is 0 Å². The average Bonchev–Trinajstić information content (AvgIpc) is 2.88. The summed E-state index contributed by atoms with van der Waals surface area (Å²) in [6.07, 6.45) is -0.688. The van der Waals surface area contributed by atoms with Crippen LogP contribution in [0.2, 0.25) is 0 Å². The van der Waals surface area contributed by atoms with Crippen LogP contribution in [0.1, 0.15) is 17.0 Å². The Morgan fingerprint density at radius 2 is 2.09 bits per heavy atom. The van der Waals surface area contributed by atoms with Crippen LogP contribution in [-0.4, -0.2) is 26.2 Å². The third kappa shape index (κ3) is 3.95. The number of hydrogen-bond donors (Lipinski definition) is 1. The van der Waals surface area contributed by atoms with E-state index in [0.717, 1.165) is 18.3 Å². The van der Waals surface area contributed by atoms with Crippen LogP contribution in [-0.2, 0) is 12.7 Å². The minimum absolute atomic E-state index is 0.0431. The van der Waals surface area contributed by atoms with Crippen molar-refractivity contribution >= 4 is 18.0 Å². The minimum Gasteiger partial charge on any atom is -0.392 e. The van der Waals surface area contributed by atoms with Crippen molar-refractivity contribution in [2.45, 2.75) is 12.7 Å². The first-order chi connectivity index (χ1) is 10.8. The molecule has 1 aromatic carbocycles. The maximum atomic E-state index is 12.6. The summed E-state index contributed by atoms with van der Waals surface area (Å²) in [5, 5.41) is 19.8. The van der Waals surface area contributed by atoms with Gasteiger partial charge < -0.3 is 15.2 Å². The molecule has 0 saturated heterocycles. The van der Waals surface area contributed by atoms with E-state index < -0.39 is 16.7 Å². The lowest BCUT2D eigenvalue weighted by molar-refractivity contribution is -0.392. The second-order valence-corrected chi connectivity index (χ2v) is 4.56. The van der Waals surface area contributed by atoms with E-state index in [4.69, 9.17) is 5.11 Å². The van der Waals surface area contributed by atoms with Crippen LogP contribution in [0.4, 0.5) is 19.0 Å². The zero-order valence-electron chi connectivity index (χ0n) is 11.7. The summed E-state index contributed by atoms with van der Waals surface area (Å²) in [6.45, 7) is -0.375. The second kappa shape index (κ2) is 6.61. The SMILES string of the molecule is O=[N+]([O-])c1cnc(C=Cc2cccc(C(F)(F)F)c2)n1CCO. The molecule has 0 aliphatic rings. The van der Waals surface area contributed by atoms with Gasteiger partial charge in [-0.25, -0.2) is 9.55 Å². The number of imidazole rings is 1. The van der Waals surface area contributed by atoms with Gasteiger partial charge in [0.05, 0.1) is 12.2 Å². The predicted octanol–water partition coefficient (Wildman–Crippen LogP) is 2.97. The summed E-state index contributed by atoms with van der Waals surface area (Å²) in [4.78, 5) is 14.0. The maximum Gasteiger partial charge on any atom is 0.416 e. The first-order valence-corrected chi connectivity index (χ1v) is 6.49. The fraction of sp³-hybridized carbons (Fsp3) is 0.214. The van der Waals surface area contributed by atoms with Gasteiger partial charge in [0.2, 0.25) is 5.82 Å². The number of aromatic nitrogens is 2. The summed E-state index contributed by atoms with van der Waals surface area (Å²) in [7, 11) is 0. The molecule has 0 aliphatic heterocycles. The van der Waals surface area contributed by atoms with E-state index in [-0.39, 0.29) is 30.4 Å². The topological polar surface area (TPSA) is 81.2 Å². The van der Waals surface area contributed by atoms with Crippen LogP contribution >= 0.6 is 0 Å². The van der Waals surface area contributed by atoms with Crippen LogP contribution in [0.3, 0.4) is 0 Å². The summed E-state index contributed by atoms with van der Waals surface area (Å²) in [5.74, 6) is -0.133. The van der Waals surface area contributed by atoms with Crippen LogP contribution in [0.15, 0.2) is 30.5 Å². The Bertz CT molecular complexity index is 738. The lowest BCUT2D eigenvalue weighted by Crippen LogP contribution is -2.07. The van der Waals surface area contributed by atoms with Gasteiger partial charge in [0, 0.05) is 6.08 Å². The lowest BCUT2D eigenvalue weighted by Gasteiger charge is -2.06. The molecule has 1 heterocycles. The molecule has 6 nitrogen and oxygen atoms in total. The molecule has 0 fully saturated rings. The molecule has 0 atom stereocenters. The summed E-state index contributed by atoms with van der Waals surface area (Å²) in [5.41, 5.74) is -0.509. The number of aliphatic hydroxyl groups excluding tert-OH is 1. The highest BCUT2D eigenvalue weighted by atomic mass is 19.4. The molecule has 0 bridgehead atoms. The zero-order chi connectivity index (χ0) is 17.0. The molecule has 1 N–H and O–H groups in total. The van der Waals surface area contributed by atoms with Gasteiger partial charge in [0.25, 0.3) is 0 Å². The molecule has 1 aromatic heterocycles. The first-order valence-electron chi connectivity index (χ1n) is 6.49. The number of aliphatic hydroxyl groups is 1. The smallest absolute Gasteiger partial charge is 0.392 e. The Balaban J connectivity index is 2.32. The van der Waals surface area contributed by atoms with Gasteiger partial charge in [-0.05, 0) is 28.7 Å². The standard InChI is InChI=1S/C14H12F3N3O3/c15-14(16,17)11-3-1-2-10(8-11)4-5-12-18-9-13(20(22)23)19(12)6-7-21/h1-5,8-9,21H,6-7H2. The number of hydrogen-bond acceptors (Lipinski definition) is 4. The molecule has 2 aromatic rings. The zero-order valence-corrected chi connectivity index (χ0v) is 11.7. The highest BCUT2D eigenvalue weighted by molar-refractivity contribution is 5.67. The molecule has 122 valence electrons. The van der Waals surface area contributed by atoms with Crippen LogP contribution in [0.25, 0.3) is 12.2 Å². The van der Waals surface area contributed by atoms with E-state index in [1.807, 2.05) is 0 Å². The third-order valence-electron chi connectivity index (χ3n) is 3.01. The van der Waals surface area contributed by atoms with Crippen LogP contribution in [0, 0.1) is 10.1 Å². The molecule has 0 aliphatic carbocycles. The second-order valence-electron chi connectivity index (χ2n) is 4.56. The Morgan fingerprint density at radius 3 is 2.70 bits per heavy atom. The fourth-order valence-corrected chi connectivity index (χ4v) is 1.98. The molecule has 9 heteroatoms. The maximum absolute atomic E-state index is 12.6. The van der Waals surface area contributed by atoms with Gasteiger partial charge in [-0.15, -0.1) is 0 Å². The van der Waals surface area contributed by atoms with Gasteiger partial charge >= 0.3 is 12.0 Å². The largest absolute Gasteiger partial charge is 0.416 e. The van der Waals surface area contributed by atoms with Crippen LogP contribution < -0.4 is 0 Å². The molecule has 0 unspecified atom stereocenters. The Labute approximate surface area is 128 Å². The van der Waals surface area contributed by atoms with E-state index >= 15 is 0 Å². The van der Waals surface area contributed by atoms with Crippen molar-refractivity contribution in [2.75, 3.05) is 6.61 Å². The van der Waals surface area contributed by atoms with Crippen molar-refractivity contribution in [3.63, 3.8) is 0 Å². The van der Waals surface area contributed by atoms with Gasteiger partial charge in [-0.2, -0.15) is 13.2 Å². The van der Waals surface area contributed by atoms with Gasteiger partial charge in [-0.3, -0.25) is 0 Å². The molecule has 0 radical (unpaired) electrons. The quantitative estimate of drug-likeness (QED) is 0.676. The summed E-state index contributed by atoms with van der Waals surface area (Å²) < 4.78 is 39.1. The molecular weight excluding hydrogens is 315 g/mol. The highest BCUT2D eigenvalue weighted by Crippen LogP contribution is 2.29. The monoisotopic (exact) mass is 327 g/mol. The number of rotatable bonds is 5. The number of nitro groups is 1. The molecule has 0 spiro atoms. The first kappa shape index (κ1) is 16.7. The van der Waals surface area contributed by atoms with Crippen molar-refractivity contribution in [1.82, 2.24) is 9.55 Å². The number of alkyl halides is 3. The van der Waals surface area contributed by atoms with Crippen LogP contribution in [0.5, 0.6) is 0 Å². The molecule has 0 saturated carbocycles. The van der Waals surface area contributed by atoms with E-state index in [1.165, 1.54) is 28.9 Å². The van der Waals surface area contributed by atoms with Gasteiger partial charge in [-0.1, -0.05) is 12.1 Å². The molecular formula is C14H12F3N3O3.